The van der Waals surface area contributed by atoms with Crippen LogP contribution in [0.4, 0.5) is 0 Å². The summed E-state index contributed by atoms with van der Waals surface area (Å²) >= 11 is 0. The van der Waals surface area contributed by atoms with Crippen LogP contribution in [0, 0.1) is 46.3 Å². The Kier molecular flexibility index (Phi) is 13.3. The average Bonchev–Trinajstić information content (AvgIpc) is 3.73. The molecule has 19 nitrogen and oxygen atoms in total. The summed E-state index contributed by atoms with van der Waals surface area (Å²) in [6, 6.07) is 0. The van der Waals surface area contributed by atoms with Gasteiger partial charge >= 0.3 is 0 Å². The lowest BCUT2D eigenvalue weighted by Gasteiger charge is -2.58. The van der Waals surface area contributed by atoms with E-state index in [-0.39, 0.29) is 35.2 Å². The molecule has 3 saturated carbocycles. The van der Waals surface area contributed by atoms with E-state index in [9.17, 15) is 55.9 Å². The fourth-order valence-electron chi connectivity index (χ4n) is 13.8. The van der Waals surface area contributed by atoms with Crippen LogP contribution in [0.1, 0.15) is 79.1 Å². The molecule has 5 heterocycles. The second-order valence-electron chi connectivity index (χ2n) is 21.0. The first-order chi connectivity index (χ1) is 30.4. The molecule has 5 saturated heterocycles. The Morgan fingerprint density at radius 3 is 1.97 bits per heavy atom. The number of carbonyl (C=O) groups excluding carboxylic acids is 1. The maximum absolute atomic E-state index is 14.6. The second-order valence-corrected chi connectivity index (χ2v) is 21.0. The van der Waals surface area contributed by atoms with Gasteiger partial charge < -0.3 is 89.0 Å². The third kappa shape index (κ3) is 7.60. The second kappa shape index (κ2) is 17.9. The van der Waals surface area contributed by atoms with Gasteiger partial charge in [-0.25, -0.2) is 0 Å². The number of hydrogen-bond donors (Lipinski definition) is 10. The van der Waals surface area contributed by atoms with Gasteiger partial charge in [-0.15, -0.1) is 0 Å². The molecular formula is C45H70O19. The molecule has 1 spiro atoms. The van der Waals surface area contributed by atoms with Crippen LogP contribution >= 0.6 is 0 Å². The molecule has 64 heavy (non-hydrogen) atoms. The highest BCUT2D eigenvalue weighted by Crippen LogP contribution is 2.69. The van der Waals surface area contributed by atoms with Crippen LogP contribution in [0.3, 0.4) is 0 Å². The van der Waals surface area contributed by atoms with Crippen LogP contribution in [0.5, 0.6) is 0 Å². The Bertz CT molecular complexity index is 1710. The summed E-state index contributed by atoms with van der Waals surface area (Å²) in [6.07, 6.45) is -17.3. The Balaban J connectivity index is 0.859. The molecule has 8 fully saturated rings. The molecule has 4 aliphatic carbocycles. The van der Waals surface area contributed by atoms with E-state index in [2.05, 4.69) is 33.8 Å². The summed E-state index contributed by atoms with van der Waals surface area (Å²) in [5.74, 6) is 1.14. The molecule has 0 aromatic heterocycles. The van der Waals surface area contributed by atoms with Crippen molar-refractivity contribution in [3.05, 3.63) is 11.6 Å². The molecule has 19 heteroatoms. The van der Waals surface area contributed by atoms with Crippen LogP contribution in [0.25, 0.3) is 0 Å². The van der Waals surface area contributed by atoms with Gasteiger partial charge in [0.1, 0.15) is 79.0 Å². The van der Waals surface area contributed by atoms with E-state index in [1.165, 1.54) is 5.57 Å². The van der Waals surface area contributed by atoms with Crippen molar-refractivity contribution in [2.45, 2.75) is 189 Å². The van der Waals surface area contributed by atoms with Crippen molar-refractivity contribution in [1.29, 1.82) is 0 Å². The minimum atomic E-state index is -1.91. The predicted molar refractivity (Wildman–Crippen MR) is 216 cm³/mol. The quantitative estimate of drug-likeness (QED) is 0.116. The predicted octanol–water partition coefficient (Wildman–Crippen LogP) is -1.63. The smallest absolute Gasteiger partial charge is 0.187 e. The lowest BCUT2D eigenvalue weighted by molar-refractivity contribution is -0.390. The number of Topliss-reactive ketones (excluding diaryl/α,β-unsaturated/α-hetero) is 1. The SMILES string of the molecule is CC1CCC2(OC1)OC1CC3C4CC=C5CC(OC6OC(CO)C(OC7OC(CO)C(O)C(O)C7OC7OC(CO)C(O)C(O)C7O)C(O)C6O)CCC5(C)C4CC(=O)C3(C)C1C2C. The van der Waals surface area contributed by atoms with Crippen LogP contribution in [0.2, 0.25) is 0 Å². The van der Waals surface area contributed by atoms with Gasteiger partial charge in [0, 0.05) is 30.1 Å². The van der Waals surface area contributed by atoms with Gasteiger partial charge in [0.05, 0.1) is 38.6 Å². The first-order valence-corrected chi connectivity index (χ1v) is 23.5. The highest BCUT2D eigenvalue weighted by molar-refractivity contribution is 5.87. The number of carbonyl (C=O) groups is 1. The molecular weight excluding hydrogens is 844 g/mol. The Morgan fingerprint density at radius 1 is 0.688 bits per heavy atom. The fraction of sp³-hybridized carbons (Fsp3) is 0.933. The number of allylic oxidation sites excluding steroid dienone is 1. The van der Waals surface area contributed by atoms with E-state index in [1.54, 1.807) is 0 Å². The van der Waals surface area contributed by atoms with Crippen molar-refractivity contribution in [1.82, 2.24) is 0 Å². The van der Waals surface area contributed by atoms with Gasteiger partial charge in [0.2, 0.25) is 0 Å². The molecule has 5 aliphatic heterocycles. The maximum atomic E-state index is 14.6. The minimum absolute atomic E-state index is 0.00753. The molecule has 26 unspecified atom stereocenters. The summed E-state index contributed by atoms with van der Waals surface area (Å²) in [5, 5.41) is 106. The zero-order valence-corrected chi connectivity index (χ0v) is 37.0. The zero-order chi connectivity index (χ0) is 45.8. The Morgan fingerprint density at radius 2 is 1.30 bits per heavy atom. The van der Waals surface area contributed by atoms with Crippen LogP contribution in [-0.2, 0) is 42.7 Å². The van der Waals surface area contributed by atoms with Gasteiger partial charge in [-0.2, -0.15) is 0 Å². The molecule has 0 amide bonds. The number of aliphatic hydroxyl groups is 10. The molecule has 9 rings (SSSR count). The third-order valence-corrected chi connectivity index (χ3v) is 17.6. The molecule has 9 aliphatic rings. The fourth-order valence-corrected chi connectivity index (χ4v) is 13.8. The highest BCUT2D eigenvalue weighted by Gasteiger charge is 2.71. The van der Waals surface area contributed by atoms with Crippen molar-refractivity contribution in [3.8, 4) is 0 Å². The zero-order valence-electron chi connectivity index (χ0n) is 37.0. The molecule has 0 aromatic carbocycles. The standard InChI is InChI=1S/C45H70O19/c1-18-7-10-45(57-17-18)19(2)30-25(64-45)12-24-22-6-5-20-11-21(8-9-43(20,3)23(22)13-29(49)44(24,30)4)58-40-37(56)35(54)38(28(16-48)61-40)62-42-39(34(53)32(51)27(15-47)60-42)63-41-36(55)33(52)31(50)26(14-46)59-41/h5,18-19,21-28,30-42,46-48,50-56H,6-17H2,1-4H3. The van der Waals surface area contributed by atoms with Gasteiger partial charge in [-0.05, 0) is 67.6 Å². The van der Waals surface area contributed by atoms with Crippen molar-refractivity contribution < 1.29 is 93.8 Å². The normalized spacial score (nSPS) is 56.2. The number of rotatable bonds is 9. The van der Waals surface area contributed by atoms with Gasteiger partial charge in [-0.3, -0.25) is 4.79 Å². The van der Waals surface area contributed by atoms with E-state index in [4.69, 9.17) is 37.9 Å². The number of ketones is 1. The number of fused-ring (bicyclic) bond motifs is 7. The van der Waals surface area contributed by atoms with Gasteiger partial charge in [0.15, 0.2) is 24.7 Å². The molecule has 10 N–H and O–H groups in total. The monoisotopic (exact) mass is 914 g/mol. The van der Waals surface area contributed by atoms with Crippen molar-refractivity contribution in [2.24, 2.45) is 46.3 Å². The van der Waals surface area contributed by atoms with Crippen LogP contribution in [0.15, 0.2) is 11.6 Å². The summed E-state index contributed by atoms with van der Waals surface area (Å²) < 4.78 is 48.6. The van der Waals surface area contributed by atoms with Crippen LogP contribution < -0.4 is 0 Å². The van der Waals surface area contributed by atoms with E-state index >= 15 is 0 Å². The van der Waals surface area contributed by atoms with E-state index in [1.807, 2.05) is 0 Å². The average molecular weight is 915 g/mol. The van der Waals surface area contributed by atoms with E-state index in [0.717, 1.165) is 32.1 Å². The highest BCUT2D eigenvalue weighted by atomic mass is 16.8. The number of aliphatic hydroxyl groups excluding tert-OH is 10. The van der Waals surface area contributed by atoms with Gasteiger partial charge in [-0.1, -0.05) is 39.3 Å². The lowest BCUT2D eigenvalue weighted by atomic mass is 9.46. The molecule has 0 radical (unpaired) electrons. The minimum Gasteiger partial charge on any atom is -0.394 e. The largest absolute Gasteiger partial charge is 0.394 e. The van der Waals surface area contributed by atoms with Gasteiger partial charge in [0.25, 0.3) is 0 Å². The number of hydrogen-bond acceptors (Lipinski definition) is 19. The lowest BCUT2D eigenvalue weighted by Crippen LogP contribution is -2.67. The van der Waals surface area contributed by atoms with Crippen molar-refractivity contribution in [3.63, 3.8) is 0 Å². The molecule has 26 atom stereocenters. The summed E-state index contributed by atoms with van der Waals surface area (Å²) in [6.45, 7) is 7.27. The first kappa shape index (κ1) is 47.7. The van der Waals surface area contributed by atoms with E-state index in [0.29, 0.717) is 43.5 Å². The summed E-state index contributed by atoms with van der Waals surface area (Å²) in [7, 11) is 0. The molecule has 0 bridgehead atoms. The Labute approximate surface area is 372 Å². The summed E-state index contributed by atoms with van der Waals surface area (Å²) in [5.41, 5.74) is 0.467. The third-order valence-electron chi connectivity index (χ3n) is 17.6. The van der Waals surface area contributed by atoms with Crippen molar-refractivity contribution >= 4 is 5.78 Å². The van der Waals surface area contributed by atoms with Crippen LogP contribution in [-0.4, -0.2) is 193 Å². The topological polar surface area (TPSA) is 293 Å². The molecule has 0 aromatic rings. The number of ether oxygens (including phenoxy) is 8. The first-order valence-electron chi connectivity index (χ1n) is 23.5. The van der Waals surface area contributed by atoms with Crippen molar-refractivity contribution in [2.75, 3.05) is 26.4 Å². The summed E-state index contributed by atoms with van der Waals surface area (Å²) in [4.78, 5) is 14.6. The molecule has 364 valence electrons. The Hall–Kier alpha value is -1.31. The van der Waals surface area contributed by atoms with E-state index < -0.39 is 129 Å². The maximum Gasteiger partial charge on any atom is 0.187 e.